The second kappa shape index (κ2) is 13.6. The highest BCUT2D eigenvalue weighted by Crippen LogP contribution is 2.48. The van der Waals surface area contributed by atoms with Crippen LogP contribution >= 0.6 is 22.7 Å². The molecule has 4 heterocycles. The smallest absolute Gasteiger partial charge is 0.145 e. The summed E-state index contributed by atoms with van der Waals surface area (Å²) in [5.74, 6) is 2.47. The van der Waals surface area contributed by atoms with E-state index in [-0.39, 0.29) is 0 Å². The van der Waals surface area contributed by atoms with E-state index < -0.39 is 0 Å². The van der Waals surface area contributed by atoms with Crippen molar-refractivity contribution in [1.29, 1.82) is 0 Å². The van der Waals surface area contributed by atoms with Crippen molar-refractivity contribution in [3.63, 3.8) is 0 Å². The highest BCUT2D eigenvalue weighted by Gasteiger charge is 2.30. The SMILES string of the molecule is Cc1cc(C)c(N2CN(c3cccc(Oc4cc(-c5nc6ccccc6n5-c5ccc6c(c5)sc5ccccc56)cc5c4sc4ccccc45)c3)c3ccccc32)c(C)c1. The summed E-state index contributed by atoms with van der Waals surface area (Å²) in [5.41, 5.74) is 12.7. The third-order valence-electron chi connectivity index (χ3n) is 11.9. The predicted octanol–water partition coefficient (Wildman–Crippen LogP) is 15.4. The maximum Gasteiger partial charge on any atom is 0.145 e. The molecule has 0 saturated carbocycles. The van der Waals surface area contributed by atoms with Gasteiger partial charge in [0.15, 0.2) is 0 Å². The molecule has 1 aliphatic heterocycles. The van der Waals surface area contributed by atoms with Crippen LogP contribution in [0.15, 0.2) is 164 Å². The first-order chi connectivity index (χ1) is 29.4. The largest absolute Gasteiger partial charge is 0.456 e. The van der Waals surface area contributed by atoms with Gasteiger partial charge in [0.05, 0.1) is 27.1 Å². The Kier molecular flexibility index (Phi) is 7.92. The van der Waals surface area contributed by atoms with Crippen molar-refractivity contribution in [3.05, 3.63) is 180 Å². The Labute approximate surface area is 355 Å². The number of benzene rings is 8. The summed E-state index contributed by atoms with van der Waals surface area (Å²) in [7, 11) is 0. The van der Waals surface area contributed by atoms with E-state index in [1.165, 1.54) is 64.0 Å². The van der Waals surface area contributed by atoms with E-state index in [4.69, 9.17) is 9.72 Å². The number of nitrogens with zero attached hydrogens (tertiary/aromatic N) is 4. The van der Waals surface area contributed by atoms with E-state index in [9.17, 15) is 0 Å². The lowest BCUT2D eigenvalue weighted by molar-refractivity contribution is 0.489. The number of imidazole rings is 1. The van der Waals surface area contributed by atoms with Gasteiger partial charge < -0.3 is 14.5 Å². The summed E-state index contributed by atoms with van der Waals surface area (Å²) in [4.78, 5) is 10.2. The van der Waals surface area contributed by atoms with E-state index in [2.05, 4.69) is 199 Å². The highest BCUT2D eigenvalue weighted by molar-refractivity contribution is 7.26. The molecular weight excluding hydrogens is 773 g/mol. The fraction of sp³-hybridized carbons (Fsp3) is 0.0755. The molecule has 60 heavy (non-hydrogen) atoms. The first kappa shape index (κ1) is 35.1. The molecule has 12 rings (SSSR count). The zero-order valence-electron chi connectivity index (χ0n) is 33.3. The van der Waals surface area contributed by atoms with Gasteiger partial charge in [-0.15, -0.1) is 22.7 Å². The third kappa shape index (κ3) is 5.54. The summed E-state index contributed by atoms with van der Waals surface area (Å²) >= 11 is 3.61. The monoisotopic (exact) mass is 810 g/mol. The molecule has 1 aliphatic rings. The summed E-state index contributed by atoms with van der Waals surface area (Å²) in [5, 5.41) is 4.94. The molecule has 0 aliphatic carbocycles. The van der Waals surface area contributed by atoms with Gasteiger partial charge in [-0.3, -0.25) is 4.57 Å². The van der Waals surface area contributed by atoms with Crippen molar-refractivity contribution in [2.75, 3.05) is 16.5 Å². The van der Waals surface area contributed by atoms with E-state index in [1.54, 1.807) is 11.3 Å². The summed E-state index contributed by atoms with van der Waals surface area (Å²) in [6.45, 7) is 7.31. The molecule has 0 atom stereocenters. The van der Waals surface area contributed by atoms with Crippen LogP contribution in [0.1, 0.15) is 16.7 Å². The number of para-hydroxylation sites is 4. The molecule has 288 valence electrons. The molecule has 11 aromatic rings. The molecular formula is C53H38N4OS2. The lowest BCUT2D eigenvalue weighted by Gasteiger charge is -2.25. The van der Waals surface area contributed by atoms with Crippen LogP contribution in [0, 0.1) is 20.8 Å². The second-order valence-corrected chi connectivity index (χ2v) is 18.0. The Bertz CT molecular complexity index is 3500. The zero-order valence-corrected chi connectivity index (χ0v) is 34.9. The summed E-state index contributed by atoms with van der Waals surface area (Å²) < 4.78 is 14.3. The minimum absolute atomic E-state index is 0.701. The fourth-order valence-corrected chi connectivity index (χ4v) is 11.7. The highest BCUT2D eigenvalue weighted by atomic mass is 32.1. The Morgan fingerprint density at radius 2 is 1.22 bits per heavy atom. The minimum atomic E-state index is 0.701. The standard InChI is InChI=1S/C53H38N4OS2/c1-32-25-33(2)51(34(3)26-32)56-31-55(45-19-8-9-20-46(45)56)36-13-12-14-38(29-36)58-47-28-35(27-42-40-16-5-11-22-49(40)60-52(42)47)53-54-43-17-6-7-18-44(43)57(53)37-23-24-41-39-15-4-10-21-48(39)59-50(41)30-37/h4-30H,31H2,1-3H3. The Morgan fingerprint density at radius 3 is 2.03 bits per heavy atom. The molecule has 0 radical (unpaired) electrons. The predicted molar refractivity (Wildman–Crippen MR) is 255 cm³/mol. The maximum absolute atomic E-state index is 7.08. The Balaban J connectivity index is 0.987. The summed E-state index contributed by atoms with van der Waals surface area (Å²) in [6, 6.07) is 58.9. The third-order valence-corrected chi connectivity index (χ3v) is 14.2. The number of thiophene rings is 2. The van der Waals surface area contributed by atoms with E-state index in [0.29, 0.717) is 6.67 Å². The number of aryl methyl sites for hydroxylation is 3. The van der Waals surface area contributed by atoms with Crippen LogP contribution in [-0.2, 0) is 0 Å². The normalized spacial score (nSPS) is 12.8. The molecule has 0 saturated heterocycles. The van der Waals surface area contributed by atoms with E-state index >= 15 is 0 Å². The van der Waals surface area contributed by atoms with Crippen molar-refractivity contribution < 1.29 is 4.74 Å². The molecule has 5 nitrogen and oxygen atoms in total. The van der Waals surface area contributed by atoms with Crippen molar-refractivity contribution in [2.45, 2.75) is 20.8 Å². The fourth-order valence-electron chi connectivity index (χ4n) is 9.40. The van der Waals surface area contributed by atoms with Crippen LogP contribution in [0.2, 0.25) is 0 Å². The van der Waals surface area contributed by atoms with Crippen LogP contribution in [0.3, 0.4) is 0 Å². The molecule has 0 fully saturated rings. The minimum Gasteiger partial charge on any atom is -0.456 e. The lowest BCUT2D eigenvalue weighted by Crippen LogP contribution is -2.25. The van der Waals surface area contributed by atoms with Crippen LogP contribution in [0.25, 0.3) is 68.5 Å². The van der Waals surface area contributed by atoms with Gasteiger partial charge in [-0.05, 0) is 105 Å². The van der Waals surface area contributed by atoms with Gasteiger partial charge in [0, 0.05) is 64.3 Å². The number of hydrogen-bond acceptors (Lipinski definition) is 6. The average Bonchev–Trinajstić information content (AvgIpc) is 4.04. The topological polar surface area (TPSA) is 33.5 Å². The number of ether oxygens (including phenoxy) is 1. The molecule has 0 amide bonds. The van der Waals surface area contributed by atoms with Crippen molar-refractivity contribution in [3.8, 4) is 28.6 Å². The Morgan fingerprint density at radius 1 is 0.533 bits per heavy atom. The van der Waals surface area contributed by atoms with Gasteiger partial charge >= 0.3 is 0 Å². The van der Waals surface area contributed by atoms with E-state index in [0.717, 1.165) is 55.4 Å². The lowest BCUT2D eigenvalue weighted by atomic mass is 10.0. The van der Waals surface area contributed by atoms with Crippen molar-refractivity contribution >= 4 is 96.8 Å². The number of aromatic nitrogens is 2. The number of anilines is 4. The van der Waals surface area contributed by atoms with Crippen LogP contribution in [-0.4, -0.2) is 16.2 Å². The molecule has 8 aromatic carbocycles. The van der Waals surface area contributed by atoms with Crippen molar-refractivity contribution in [1.82, 2.24) is 9.55 Å². The number of fused-ring (bicyclic) bond motifs is 8. The molecule has 0 bridgehead atoms. The van der Waals surface area contributed by atoms with Crippen LogP contribution in [0.5, 0.6) is 11.5 Å². The molecule has 3 aromatic heterocycles. The average molecular weight is 811 g/mol. The first-order valence-electron chi connectivity index (χ1n) is 20.3. The molecule has 0 unspecified atom stereocenters. The first-order valence-corrected chi connectivity index (χ1v) is 21.9. The van der Waals surface area contributed by atoms with Gasteiger partial charge in [-0.25, -0.2) is 4.98 Å². The number of rotatable bonds is 6. The van der Waals surface area contributed by atoms with Crippen molar-refractivity contribution in [2.24, 2.45) is 0 Å². The summed E-state index contributed by atoms with van der Waals surface area (Å²) in [6.07, 6.45) is 0. The maximum atomic E-state index is 7.08. The van der Waals surface area contributed by atoms with Gasteiger partial charge in [0.25, 0.3) is 0 Å². The quantitative estimate of drug-likeness (QED) is 0.167. The van der Waals surface area contributed by atoms with Gasteiger partial charge in [0.1, 0.15) is 24.0 Å². The van der Waals surface area contributed by atoms with Crippen LogP contribution < -0.4 is 14.5 Å². The number of hydrogen-bond donors (Lipinski definition) is 0. The Hall–Kier alpha value is -6.93. The zero-order chi connectivity index (χ0) is 40.1. The molecule has 0 spiro atoms. The van der Waals surface area contributed by atoms with E-state index in [1.807, 2.05) is 11.3 Å². The van der Waals surface area contributed by atoms with Gasteiger partial charge in [-0.2, -0.15) is 0 Å². The van der Waals surface area contributed by atoms with Gasteiger partial charge in [0.2, 0.25) is 0 Å². The van der Waals surface area contributed by atoms with Gasteiger partial charge in [-0.1, -0.05) is 90.5 Å². The molecule has 7 heteroatoms. The second-order valence-electron chi connectivity index (χ2n) is 15.8. The molecule has 0 N–H and O–H groups in total. The van der Waals surface area contributed by atoms with Crippen LogP contribution in [0.4, 0.5) is 22.7 Å².